The predicted octanol–water partition coefficient (Wildman–Crippen LogP) is 2.50. The van der Waals surface area contributed by atoms with Gasteiger partial charge in [0.15, 0.2) is 0 Å². The lowest BCUT2D eigenvalue weighted by molar-refractivity contribution is 0.0714. The molecule has 1 N–H and O–H groups in total. The third-order valence-corrected chi connectivity index (χ3v) is 4.70. The minimum Gasteiger partial charge on any atom is -0.390 e. The molecule has 1 aromatic carbocycles. The summed E-state index contributed by atoms with van der Waals surface area (Å²) < 4.78 is 0. The Morgan fingerprint density at radius 2 is 1.68 bits per heavy atom. The Hall–Kier alpha value is -1.98. The Morgan fingerprint density at radius 3 is 2.28 bits per heavy atom. The smallest absolute Gasteiger partial charge is 0.147 e. The number of nitrogens with zero attached hydrogens (tertiary/aromatic N) is 4. The third-order valence-electron chi connectivity index (χ3n) is 4.70. The van der Waals surface area contributed by atoms with Crippen molar-refractivity contribution in [1.29, 1.82) is 0 Å². The maximum absolute atomic E-state index is 9.83. The molecule has 2 aromatic rings. The van der Waals surface area contributed by atoms with Crippen LogP contribution in [0.5, 0.6) is 0 Å². The van der Waals surface area contributed by atoms with E-state index in [4.69, 9.17) is 0 Å². The molecular weight excluding hydrogens is 312 g/mol. The third kappa shape index (κ3) is 5.51. The second-order valence-corrected chi connectivity index (χ2v) is 7.46. The second-order valence-electron chi connectivity index (χ2n) is 7.46. The van der Waals surface area contributed by atoms with Crippen LogP contribution in [0.4, 0.5) is 5.82 Å². The van der Waals surface area contributed by atoms with Gasteiger partial charge in [-0.2, -0.15) is 0 Å². The largest absolute Gasteiger partial charge is 0.390 e. The highest BCUT2D eigenvalue weighted by molar-refractivity contribution is 5.35. The van der Waals surface area contributed by atoms with Crippen molar-refractivity contribution in [3.05, 3.63) is 54.0 Å². The van der Waals surface area contributed by atoms with Gasteiger partial charge in [-0.3, -0.25) is 9.88 Å². The molecular formula is C20H28N4O. The molecule has 0 spiro atoms. The molecule has 5 nitrogen and oxygen atoms in total. The summed E-state index contributed by atoms with van der Waals surface area (Å²) in [5.41, 5.74) is 2.04. The van der Waals surface area contributed by atoms with Crippen LogP contribution in [0.1, 0.15) is 31.4 Å². The Balaban J connectivity index is 1.47. The number of aryl methyl sites for hydroxylation is 1. The van der Waals surface area contributed by atoms with Crippen molar-refractivity contribution in [3.63, 3.8) is 0 Å². The van der Waals surface area contributed by atoms with Crippen LogP contribution in [0, 0.1) is 0 Å². The van der Waals surface area contributed by atoms with E-state index in [0.717, 1.165) is 51.4 Å². The van der Waals surface area contributed by atoms with E-state index in [9.17, 15) is 5.11 Å². The number of rotatable bonds is 6. The van der Waals surface area contributed by atoms with E-state index < -0.39 is 5.60 Å². The maximum Gasteiger partial charge on any atom is 0.147 e. The second kappa shape index (κ2) is 7.93. The van der Waals surface area contributed by atoms with Crippen molar-refractivity contribution >= 4 is 5.82 Å². The van der Waals surface area contributed by atoms with Crippen molar-refractivity contribution in [2.45, 2.75) is 38.8 Å². The van der Waals surface area contributed by atoms with Crippen molar-refractivity contribution < 1.29 is 5.11 Å². The summed E-state index contributed by atoms with van der Waals surface area (Å²) in [5.74, 6) is 0.971. The number of aliphatic hydroxyl groups is 1. The van der Waals surface area contributed by atoms with E-state index in [1.54, 1.807) is 12.4 Å². The molecule has 0 radical (unpaired) electrons. The summed E-state index contributed by atoms with van der Waals surface area (Å²) in [6.45, 7) is 8.77. The fourth-order valence-corrected chi connectivity index (χ4v) is 3.11. The molecule has 1 saturated heterocycles. The summed E-state index contributed by atoms with van der Waals surface area (Å²) in [4.78, 5) is 13.3. The van der Waals surface area contributed by atoms with Gasteiger partial charge < -0.3 is 10.0 Å². The first-order valence-corrected chi connectivity index (χ1v) is 9.03. The minimum atomic E-state index is -0.596. The molecule has 3 rings (SSSR count). The van der Waals surface area contributed by atoms with Crippen LogP contribution in [0.25, 0.3) is 0 Å². The molecule has 1 aromatic heterocycles. The Labute approximate surface area is 150 Å². The number of hydrogen-bond donors (Lipinski definition) is 1. The van der Waals surface area contributed by atoms with E-state index in [-0.39, 0.29) is 0 Å². The molecule has 0 bridgehead atoms. The average molecular weight is 340 g/mol. The highest BCUT2D eigenvalue weighted by atomic mass is 16.3. The first-order chi connectivity index (χ1) is 12.0. The lowest BCUT2D eigenvalue weighted by Crippen LogP contribution is -2.46. The number of benzene rings is 1. The van der Waals surface area contributed by atoms with Crippen LogP contribution in [0.15, 0.2) is 42.9 Å². The first kappa shape index (κ1) is 17.8. The first-order valence-electron chi connectivity index (χ1n) is 9.03. The van der Waals surface area contributed by atoms with Gasteiger partial charge in [0.25, 0.3) is 0 Å². The average Bonchev–Trinajstić information content (AvgIpc) is 2.62. The highest BCUT2D eigenvalue weighted by Crippen LogP contribution is 2.16. The van der Waals surface area contributed by atoms with Crippen LogP contribution >= 0.6 is 0 Å². The molecule has 1 aliphatic heterocycles. The zero-order valence-electron chi connectivity index (χ0n) is 15.2. The van der Waals surface area contributed by atoms with Crippen LogP contribution < -0.4 is 4.90 Å². The molecule has 134 valence electrons. The summed E-state index contributed by atoms with van der Waals surface area (Å²) in [5, 5.41) is 9.83. The molecule has 2 heterocycles. The molecule has 1 aliphatic rings. The summed E-state index contributed by atoms with van der Waals surface area (Å²) in [6.07, 6.45) is 7.01. The lowest BCUT2D eigenvalue weighted by atomic mass is 9.98. The molecule has 0 saturated carbocycles. The molecule has 25 heavy (non-hydrogen) atoms. The zero-order valence-corrected chi connectivity index (χ0v) is 15.2. The van der Waals surface area contributed by atoms with Gasteiger partial charge in [-0.05, 0) is 37.8 Å². The molecule has 0 atom stereocenters. The van der Waals surface area contributed by atoms with E-state index in [1.807, 2.05) is 20.0 Å². The highest BCUT2D eigenvalue weighted by Gasteiger charge is 2.18. The number of hydrogen-bond acceptors (Lipinski definition) is 5. The molecule has 0 aliphatic carbocycles. The van der Waals surface area contributed by atoms with Crippen LogP contribution in [-0.2, 0) is 13.0 Å². The molecule has 5 heteroatoms. The van der Waals surface area contributed by atoms with Gasteiger partial charge in [-0.15, -0.1) is 0 Å². The van der Waals surface area contributed by atoms with E-state index in [0.29, 0.717) is 0 Å². The quantitative estimate of drug-likeness (QED) is 0.876. The van der Waals surface area contributed by atoms with Gasteiger partial charge in [0.2, 0.25) is 0 Å². The van der Waals surface area contributed by atoms with Crippen molar-refractivity contribution in [2.75, 3.05) is 31.1 Å². The summed E-state index contributed by atoms with van der Waals surface area (Å²) in [6, 6.07) is 8.82. The van der Waals surface area contributed by atoms with Gasteiger partial charge in [-0.25, -0.2) is 4.98 Å². The number of aromatic nitrogens is 2. The Kier molecular flexibility index (Phi) is 5.66. The van der Waals surface area contributed by atoms with Crippen molar-refractivity contribution in [1.82, 2.24) is 14.9 Å². The fourth-order valence-electron chi connectivity index (χ4n) is 3.11. The SMILES string of the molecule is CC(C)(O)CCc1ccc(CN2CCN(c3cnccn3)CC2)cc1. The van der Waals surface area contributed by atoms with Gasteiger partial charge >= 0.3 is 0 Å². The van der Waals surface area contributed by atoms with Crippen LogP contribution in [0.2, 0.25) is 0 Å². The van der Waals surface area contributed by atoms with Gasteiger partial charge in [-0.1, -0.05) is 24.3 Å². The topological polar surface area (TPSA) is 52.5 Å². The lowest BCUT2D eigenvalue weighted by Gasteiger charge is -2.35. The zero-order chi connectivity index (χ0) is 17.7. The molecule has 0 amide bonds. The van der Waals surface area contributed by atoms with Gasteiger partial charge in [0, 0.05) is 45.1 Å². The minimum absolute atomic E-state index is 0.596. The standard InChI is InChI=1S/C20H28N4O/c1-20(2,25)8-7-17-3-5-18(6-4-17)16-23-11-13-24(14-12-23)19-15-21-9-10-22-19/h3-6,9-10,15,25H,7-8,11-14,16H2,1-2H3. The molecule has 0 unspecified atom stereocenters. The van der Waals surface area contributed by atoms with E-state index in [1.165, 1.54) is 11.1 Å². The van der Waals surface area contributed by atoms with E-state index >= 15 is 0 Å². The van der Waals surface area contributed by atoms with E-state index in [2.05, 4.69) is 44.0 Å². The number of piperazine rings is 1. The normalized spacial score (nSPS) is 16.2. The van der Waals surface area contributed by atoms with Crippen LogP contribution in [-0.4, -0.2) is 51.8 Å². The fraction of sp³-hybridized carbons (Fsp3) is 0.500. The summed E-state index contributed by atoms with van der Waals surface area (Å²) in [7, 11) is 0. The van der Waals surface area contributed by atoms with Crippen molar-refractivity contribution in [3.8, 4) is 0 Å². The Morgan fingerprint density at radius 1 is 1.00 bits per heavy atom. The maximum atomic E-state index is 9.83. The monoisotopic (exact) mass is 340 g/mol. The van der Waals surface area contributed by atoms with Gasteiger partial charge in [0.05, 0.1) is 11.8 Å². The Bertz CT molecular complexity index is 644. The summed E-state index contributed by atoms with van der Waals surface area (Å²) >= 11 is 0. The van der Waals surface area contributed by atoms with Crippen LogP contribution in [0.3, 0.4) is 0 Å². The molecule has 1 fully saturated rings. The van der Waals surface area contributed by atoms with Crippen molar-refractivity contribution in [2.24, 2.45) is 0 Å². The number of anilines is 1. The van der Waals surface area contributed by atoms with Gasteiger partial charge in [0.1, 0.15) is 5.82 Å². The predicted molar refractivity (Wildman–Crippen MR) is 101 cm³/mol.